The van der Waals surface area contributed by atoms with Gasteiger partial charge in [0.05, 0.1) is 13.7 Å². The first-order valence-electron chi connectivity index (χ1n) is 6.57. The van der Waals surface area contributed by atoms with Gasteiger partial charge in [0.2, 0.25) is 0 Å². The summed E-state index contributed by atoms with van der Waals surface area (Å²) in [7, 11) is 1.53. The number of para-hydroxylation sites is 2. The fourth-order valence-electron chi connectivity index (χ4n) is 1.85. The Balaban J connectivity index is 2.29. The number of aliphatic hydroxyl groups excluding tert-OH is 1. The maximum Gasteiger partial charge on any atom is 0.339 e. The Labute approximate surface area is 127 Å². The molecule has 6 heteroatoms. The Morgan fingerprint density at radius 3 is 2.45 bits per heavy atom. The normalized spacial score (nSPS) is 10.1. The van der Waals surface area contributed by atoms with Crippen LogP contribution < -0.4 is 14.2 Å². The van der Waals surface area contributed by atoms with E-state index in [0.717, 1.165) is 0 Å². The van der Waals surface area contributed by atoms with Crippen LogP contribution in [0.1, 0.15) is 10.4 Å². The third kappa shape index (κ3) is 3.67. The summed E-state index contributed by atoms with van der Waals surface area (Å²) in [5, 5.41) is 17.9. The molecule has 0 spiro atoms. The van der Waals surface area contributed by atoms with Gasteiger partial charge in [-0.1, -0.05) is 12.1 Å². The van der Waals surface area contributed by atoms with Gasteiger partial charge in [-0.25, -0.2) is 4.79 Å². The van der Waals surface area contributed by atoms with Gasteiger partial charge in [-0.15, -0.1) is 0 Å². The van der Waals surface area contributed by atoms with Gasteiger partial charge in [-0.3, -0.25) is 0 Å². The second-order valence-electron chi connectivity index (χ2n) is 4.29. The molecule has 2 aromatic carbocycles. The molecule has 0 heterocycles. The number of aromatic carboxylic acids is 1. The number of rotatable bonds is 7. The third-order valence-electron chi connectivity index (χ3n) is 2.83. The van der Waals surface area contributed by atoms with Gasteiger partial charge in [0.1, 0.15) is 23.7 Å². The maximum absolute atomic E-state index is 11.2. The van der Waals surface area contributed by atoms with E-state index in [1.54, 1.807) is 18.2 Å². The fourth-order valence-corrected chi connectivity index (χ4v) is 1.85. The van der Waals surface area contributed by atoms with Gasteiger partial charge in [-0.05, 0) is 24.3 Å². The summed E-state index contributed by atoms with van der Waals surface area (Å²) in [4.78, 5) is 11.2. The highest BCUT2D eigenvalue weighted by atomic mass is 16.5. The van der Waals surface area contributed by atoms with E-state index in [1.807, 2.05) is 6.07 Å². The molecule has 2 N–H and O–H groups in total. The highest BCUT2D eigenvalue weighted by Gasteiger charge is 2.14. The molecule has 6 nitrogen and oxygen atoms in total. The minimum absolute atomic E-state index is 0.000765. The summed E-state index contributed by atoms with van der Waals surface area (Å²) in [6, 6.07) is 11.5. The van der Waals surface area contributed by atoms with Gasteiger partial charge in [-0.2, -0.15) is 0 Å². The first kappa shape index (κ1) is 15.7. The van der Waals surface area contributed by atoms with Crippen LogP contribution in [-0.4, -0.2) is 36.5 Å². The summed E-state index contributed by atoms with van der Waals surface area (Å²) in [5.41, 5.74) is 0.000765. The van der Waals surface area contributed by atoms with Gasteiger partial charge < -0.3 is 24.4 Å². The van der Waals surface area contributed by atoms with Crippen molar-refractivity contribution < 1.29 is 29.2 Å². The van der Waals surface area contributed by atoms with Crippen molar-refractivity contribution in [3.05, 3.63) is 48.0 Å². The summed E-state index contributed by atoms with van der Waals surface area (Å²) in [6.07, 6.45) is 0. The molecule has 0 atom stereocenters. The zero-order chi connectivity index (χ0) is 15.9. The molecular formula is C16H16O6. The monoisotopic (exact) mass is 304 g/mol. The average molecular weight is 304 g/mol. The van der Waals surface area contributed by atoms with Crippen molar-refractivity contribution in [2.24, 2.45) is 0 Å². The Morgan fingerprint density at radius 2 is 1.82 bits per heavy atom. The molecule has 0 aliphatic rings. The Hall–Kier alpha value is -2.73. The molecule has 0 aromatic heterocycles. The average Bonchev–Trinajstić information content (AvgIpc) is 2.53. The molecule has 0 fully saturated rings. The second-order valence-corrected chi connectivity index (χ2v) is 4.29. The van der Waals surface area contributed by atoms with Crippen molar-refractivity contribution in [3.8, 4) is 23.0 Å². The van der Waals surface area contributed by atoms with Crippen molar-refractivity contribution in [3.63, 3.8) is 0 Å². The predicted molar refractivity (Wildman–Crippen MR) is 79.1 cm³/mol. The lowest BCUT2D eigenvalue weighted by Crippen LogP contribution is -2.07. The van der Waals surface area contributed by atoms with E-state index in [1.165, 1.54) is 25.3 Å². The molecule has 0 aliphatic carbocycles. The smallest absolute Gasteiger partial charge is 0.339 e. The van der Waals surface area contributed by atoms with E-state index < -0.39 is 5.97 Å². The van der Waals surface area contributed by atoms with Crippen molar-refractivity contribution in [2.45, 2.75) is 0 Å². The number of aliphatic hydroxyl groups is 1. The minimum atomic E-state index is -1.11. The van der Waals surface area contributed by atoms with Crippen molar-refractivity contribution in [2.75, 3.05) is 20.3 Å². The lowest BCUT2D eigenvalue weighted by molar-refractivity contribution is 0.0690. The van der Waals surface area contributed by atoms with E-state index in [0.29, 0.717) is 17.2 Å². The molecule has 2 rings (SSSR count). The van der Waals surface area contributed by atoms with Crippen LogP contribution in [0.3, 0.4) is 0 Å². The number of ether oxygens (including phenoxy) is 3. The zero-order valence-corrected chi connectivity index (χ0v) is 12.0. The maximum atomic E-state index is 11.2. The van der Waals surface area contributed by atoms with Crippen LogP contribution in [0.4, 0.5) is 0 Å². The van der Waals surface area contributed by atoms with Crippen LogP contribution in [0.25, 0.3) is 0 Å². The first-order valence-corrected chi connectivity index (χ1v) is 6.57. The van der Waals surface area contributed by atoms with Crippen LogP contribution in [0, 0.1) is 0 Å². The number of benzene rings is 2. The number of carboxylic acids is 1. The van der Waals surface area contributed by atoms with Gasteiger partial charge in [0.15, 0.2) is 11.5 Å². The van der Waals surface area contributed by atoms with E-state index in [2.05, 4.69) is 0 Å². The molecule has 0 radical (unpaired) electrons. The highest BCUT2D eigenvalue weighted by Crippen LogP contribution is 2.33. The summed E-state index contributed by atoms with van der Waals surface area (Å²) >= 11 is 0. The van der Waals surface area contributed by atoms with Crippen molar-refractivity contribution >= 4 is 5.97 Å². The molecule has 116 valence electrons. The third-order valence-corrected chi connectivity index (χ3v) is 2.83. The number of hydrogen-bond acceptors (Lipinski definition) is 5. The van der Waals surface area contributed by atoms with Crippen molar-refractivity contribution in [1.82, 2.24) is 0 Å². The topological polar surface area (TPSA) is 85.2 Å². The lowest BCUT2D eigenvalue weighted by Gasteiger charge is -2.13. The van der Waals surface area contributed by atoms with Crippen LogP contribution in [0.2, 0.25) is 0 Å². The van der Waals surface area contributed by atoms with Gasteiger partial charge in [0, 0.05) is 6.07 Å². The fraction of sp³-hybridized carbons (Fsp3) is 0.188. The van der Waals surface area contributed by atoms with Crippen molar-refractivity contribution in [1.29, 1.82) is 0 Å². The summed E-state index contributed by atoms with van der Waals surface area (Å²) < 4.78 is 16.1. The quantitative estimate of drug-likeness (QED) is 0.817. The Kier molecular flexibility index (Phi) is 5.21. The van der Waals surface area contributed by atoms with Crippen LogP contribution in [-0.2, 0) is 0 Å². The summed E-state index contributed by atoms with van der Waals surface area (Å²) in [5.74, 6) is 0.483. The molecule has 0 saturated carbocycles. The largest absolute Gasteiger partial charge is 0.493 e. The number of carbonyl (C=O) groups is 1. The molecular weight excluding hydrogens is 288 g/mol. The Bertz CT molecular complexity index is 653. The van der Waals surface area contributed by atoms with Crippen LogP contribution in [0.5, 0.6) is 23.0 Å². The summed E-state index contributed by atoms with van der Waals surface area (Å²) in [6.45, 7) is -0.213. The van der Waals surface area contributed by atoms with Crippen LogP contribution >= 0.6 is 0 Å². The minimum Gasteiger partial charge on any atom is -0.493 e. The molecule has 0 bridgehead atoms. The lowest BCUT2D eigenvalue weighted by atomic mass is 10.2. The van der Waals surface area contributed by atoms with E-state index in [-0.39, 0.29) is 24.5 Å². The van der Waals surface area contributed by atoms with E-state index in [9.17, 15) is 4.79 Å². The molecule has 0 aliphatic heterocycles. The molecule has 0 amide bonds. The van der Waals surface area contributed by atoms with E-state index >= 15 is 0 Å². The number of hydrogen-bond donors (Lipinski definition) is 2. The van der Waals surface area contributed by atoms with Gasteiger partial charge in [0.25, 0.3) is 0 Å². The van der Waals surface area contributed by atoms with Crippen LogP contribution in [0.15, 0.2) is 42.5 Å². The van der Waals surface area contributed by atoms with Gasteiger partial charge >= 0.3 is 5.97 Å². The SMILES string of the molecule is COc1ccccc1Oc1ccc(C(=O)O)c(OCCO)c1. The second kappa shape index (κ2) is 7.33. The highest BCUT2D eigenvalue weighted by molar-refractivity contribution is 5.91. The molecule has 2 aromatic rings. The molecule has 22 heavy (non-hydrogen) atoms. The van der Waals surface area contributed by atoms with E-state index in [4.69, 9.17) is 24.4 Å². The Morgan fingerprint density at radius 1 is 1.09 bits per heavy atom. The predicted octanol–water partition coefficient (Wildman–Crippen LogP) is 2.56. The first-order chi connectivity index (χ1) is 10.7. The number of methoxy groups -OCH3 is 1. The number of carboxylic acid groups (broad SMARTS) is 1. The standard InChI is InChI=1S/C16H16O6/c1-20-13-4-2-3-5-14(13)22-11-6-7-12(16(18)19)15(10-11)21-9-8-17/h2-7,10,17H,8-9H2,1H3,(H,18,19). The molecule has 0 unspecified atom stereocenters. The zero-order valence-electron chi connectivity index (χ0n) is 12.0. The molecule has 0 saturated heterocycles.